The van der Waals surface area contributed by atoms with Crippen molar-refractivity contribution in [3.05, 3.63) is 93.7 Å². The highest BCUT2D eigenvalue weighted by Gasteiger charge is 2.41. The first-order valence-corrected chi connectivity index (χ1v) is 10.1. The quantitative estimate of drug-likeness (QED) is 0.500. The van der Waals surface area contributed by atoms with Crippen molar-refractivity contribution in [3.63, 3.8) is 0 Å². The van der Waals surface area contributed by atoms with E-state index < -0.39 is 6.23 Å². The molecule has 0 aromatic heterocycles. The molecule has 0 unspecified atom stereocenters. The van der Waals surface area contributed by atoms with Crippen LogP contribution in [0.4, 0.5) is 4.39 Å². The van der Waals surface area contributed by atoms with Gasteiger partial charge in [-0.15, -0.1) is 0 Å². The van der Waals surface area contributed by atoms with Crippen LogP contribution in [0.2, 0.25) is 0 Å². The van der Waals surface area contributed by atoms with E-state index in [4.69, 9.17) is 14.6 Å². The zero-order valence-electron chi connectivity index (χ0n) is 15.7. The van der Waals surface area contributed by atoms with Gasteiger partial charge in [0.05, 0.1) is 18.9 Å². The van der Waals surface area contributed by atoms with Crippen LogP contribution in [-0.2, 0) is 0 Å². The number of ether oxygens (including phenoxy) is 2. The lowest BCUT2D eigenvalue weighted by atomic mass is 9.96. The number of rotatable bonds is 3. The molecule has 0 saturated carbocycles. The van der Waals surface area contributed by atoms with Crippen LogP contribution in [0.5, 0.6) is 11.5 Å². The summed E-state index contributed by atoms with van der Waals surface area (Å²) in [7, 11) is 1.65. The second kappa shape index (κ2) is 7.19. The Hall–Kier alpha value is -2.86. The summed E-state index contributed by atoms with van der Waals surface area (Å²) in [6.07, 6.45) is 0.255. The van der Waals surface area contributed by atoms with Gasteiger partial charge in [0.1, 0.15) is 17.3 Å². The van der Waals surface area contributed by atoms with E-state index in [1.165, 1.54) is 12.1 Å². The van der Waals surface area contributed by atoms with Crippen LogP contribution in [0.3, 0.4) is 0 Å². The van der Waals surface area contributed by atoms with E-state index in [0.29, 0.717) is 0 Å². The van der Waals surface area contributed by atoms with Gasteiger partial charge in [-0.2, -0.15) is 5.10 Å². The molecule has 146 valence electrons. The van der Waals surface area contributed by atoms with E-state index in [9.17, 15) is 4.39 Å². The Morgan fingerprint density at radius 1 is 1.10 bits per heavy atom. The maximum Gasteiger partial charge on any atom is 0.213 e. The van der Waals surface area contributed by atoms with Crippen molar-refractivity contribution >= 4 is 21.6 Å². The molecule has 6 heteroatoms. The van der Waals surface area contributed by atoms with Gasteiger partial charge in [-0.3, -0.25) is 0 Å². The van der Waals surface area contributed by atoms with E-state index in [-0.39, 0.29) is 11.9 Å². The van der Waals surface area contributed by atoms with Crippen molar-refractivity contribution in [2.45, 2.75) is 18.7 Å². The molecular formula is C23H18BrFN2O2. The van der Waals surface area contributed by atoms with Gasteiger partial charge in [0, 0.05) is 22.0 Å². The van der Waals surface area contributed by atoms with E-state index in [1.54, 1.807) is 13.2 Å². The molecule has 0 N–H and O–H groups in total. The first kappa shape index (κ1) is 18.2. The number of fused-ring (bicyclic) bond motifs is 3. The summed E-state index contributed by atoms with van der Waals surface area (Å²) >= 11 is 3.56. The first-order valence-electron chi connectivity index (χ1n) is 9.34. The predicted molar refractivity (Wildman–Crippen MR) is 113 cm³/mol. The van der Waals surface area contributed by atoms with Gasteiger partial charge in [0.2, 0.25) is 6.23 Å². The van der Waals surface area contributed by atoms with Crippen molar-refractivity contribution in [2.24, 2.45) is 5.10 Å². The van der Waals surface area contributed by atoms with Gasteiger partial charge >= 0.3 is 0 Å². The standard InChI is InChI=1S/C23H18BrFN2O2/c1-28-18-8-5-14(6-9-18)20-13-21-19-12-16(24)7-10-22(19)29-23(27(21)26-20)15-3-2-4-17(25)11-15/h2-12,21,23H,13H2,1H3/t21-,23+/m1/s1. The molecule has 3 aromatic carbocycles. The van der Waals surface area contributed by atoms with Crippen LogP contribution in [0.25, 0.3) is 0 Å². The molecule has 2 atom stereocenters. The van der Waals surface area contributed by atoms with E-state index >= 15 is 0 Å². The molecule has 0 radical (unpaired) electrons. The van der Waals surface area contributed by atoms with Crippen molar-refractivity contribution in [1.82, 2.24) is 5.01 Å². The number of hydrazone groups is 1. The highest BCUT2D eigenvalue weighted by Crippen LogP contribution is 2.48. The van der Waals surface area contributed by atoms with Crippen molar-refractivity contribution in [3.8, 4) is 11.5 Å². The number of hydrogen-bond acceptors (Lipinski definition) is 4. The highest BCUT2D eigenvalue weighted by atomic mass is 79.9. The molecule has 0 spiro atoms. The molecule has 0 amide bonds. The van der Waals surface area contributed by atoms with Crippen LogP contribution >= 0.6 is 15.9 Å². The van der Waals surface area contributed by atoms with Crippen molar-refractivity contribution < 1.29 is 13.9 Å². The number of benzene rings is 3. The fourth-order valence-corrected chi connectivity index (χ4v) is 4.27. The smallest absolute Gasteiger partial charge is 0.213 e. The van der Waals surface area contributed by atoms with Gasteiger partial charge in [-0.1, -0.05) is 28.1 Å². The van der Waals surface area contributed by atoms with Crippen LogP contribution in [-0.4, -0.2) is 17.8 Å². The summed E-state index contributed by atoms with van der Waals surface area (Å²) < 4.78 is 26.4. The third-order valence-electron chi connectivity index (χ3n) is 5.31. The average Bonchev–Trinajstić information content (AvgIpc) is 3.19. The number of halogens is 2. The van der Waals surface area contributed by atoms with Crippen molar-refractivity contribution in [2.75, 3.05) is 7.11 Å². The van der Waals surface area contributed by atoms with Gasteiger partial charge in [0.15, 0.2) is 0 Å². The highest BCUT2D eigenvalue weighted by molar-refractivity contribution is 9.10. The number of nitrogens with zero attached hydrogens (tertiary/aromatic N) is 2. The fraction of sp³-hybridized carbons (Fsp3) is 0.174. The molecule has 29 heavy (non-hydrogen) atoms. The molecule has 0 fully saturated rings. The summed E-state index contributed by atoms with van der Waals surface area (Å²) in [5.41, 5.74) is 3.81. The molecule has 4 nitrogen and oxygen atoms in total. The Morgan fingerprint density at radius 3 is 2.69 bits per heavy atom. The maximum atomic E-state index is 13.9. The van der Waals surface area contributed by atoms with E-state index in [0.717, 1.165) is 44.8 Å². The zero-order chi connectivity index (χ0) is 20.0. The molecular weight excluding hydrogens is 435 g/mol. The summed E-state index contributed by atoms with van der Waals surface area (Å²) in [6.45, 7) is 0. The molecule has 2 heterocycles. The maximum absolute atomic E-state index is 13.9. The molecule has 0 saturated heterocycles. The van der Waals surface area contributed by atoms with Crippen LogP contribution in [0.15, 0.2) is 76.3 Å². The second-order valence-corrected chi connectivity index (χ2v) is 8.00. The Morgan fingerprint density at radius 2 is 1.93 bits per heavy atom. The largest absolute Gasteiger partial charge is 0.497 e. The topological polar surface area (TPSA) is 34.1 Å². The van der Waals surface area contributed by atoms with Gasteiger partial charge < -0.3 is 9.47 Å². The molecule has 0 aliphatic carbocycles. The average molecular weight is 453 g/mol. The minimum absolute atomic E-state index is 0.0154. The summed E-state index contributed by atoms with van der Waals surface area (Å²) in [6, 6.07) is 20.4. The fourth-order valence-electron chi connectivity index (χ4n) is 3.90. The monoisotopic (exact) mass is 452 g/mol. The van der Waals surface area contributed by atoms with Gasteiger partial charge in [-0.25, -0.2) is 9.40 Å². The number of methoxy groups -OCH3 is 1. The summed E-state index contributed by atoms with van der Waals surface area (Å²) in [4.78, 5) is 0. The SMILES string of the molecule is COc1ccc(C2=NN3[C@H](C2)c2cc(Br)ccc2O[C@H]3c2cccc(F)c2)cc1. The van der Waals surface area contributed by atoms with Gasteiger partial charge in [-0.05, 0) is 60.2 Å². The van der Waals surface area contributed by atoms with Crippen molar-refractivity contribution in [1.29, 1.82) is 0 Å². The van der Waals surface area contributed by atoms with Crippen LogP contribution in [0.1, 0.15) is 35.4 Å². The minimum Gasteiger partial charge on any atom is -0.497 e. The Bertz CT molecular complexity index is 1100. The van der Waals surface area contributed by atoms with Crippen LogP contribution < -0.4 is 9.47 Å². The predicted octanol–water partition coefficient (Wildman–Crippen LogP) is 5.84. The van der Waals surface area contributed by atoms with E-state index in [2.05, 4.69) is 22.0 Å². The molecule has 2 aliphatic rings. The Labute approximate surface area is 176 Å². The number of hydrogen-bond donors (Lipinski definition) is 0. The molecule has 0 bridgehead atoms. The summed E-state index contributed by atoms with van der Waals surface area (Å²) in [5, 5.41) is 6.85. The normalized spacial score (nSPS) is 19.8. The Kier molecular flexibility index (Phi) is 4.51. The summed E-state index contributed by atoms with van der Waals surface area (Å²) in [5.74, 6) is 1.32. The lowest BCUT2D eigenvalue weighted by Crippen LogP contribution is -2.33. The molecule has 2 aliphatic heterocycles. The van der Waals surface area contributed by atoms with E-state index in [1.807, 2.05) is 47.5 Å². The van der Waals surface area contributed by atoms with Gasteiger partial charge in [0.25, 0.3) is 0 Å². The van der Waals surface area contributed by atoms with Crippen LogP contribution in [0, 0.1) is 5.82 Å². The third-order valence-corrected chi connectivity index (χ3v) is 5.80. The molecule has 3 aromatic rings. The minimum atomic E-state index is -0.486. The first-order chi connectivity index (χ1) is 14.1. The lowest BCUT2D eigenvalue weighted by Gasteiger charge is -2.38. The second-order valence-electron chi connectivity index (χ2n) is 7.08. The molecule has 5 rings (SSSR count). The lowest BCUT2D eigenvalue weighted by molar-refractivity contribution is -0.0192. The zero-order valence-corrected chi connectivity index (χ0v) is 17.3. The Balaban J connectivity index is 1.58. The third kappa shape index (κ3) is 3.27.